The van der Waals surface area contributed by atoms with Gasteiger partial charge in [-0.2, -0.15) is 0 Å². The molecule has 2 heterocycles. The van der Waals surface area contributed by atoms with E-state index in [1.807, 2.05) is 0 Å². The summed E-state index contributed by atoms with van der Waals surface area (Å²) in [6.45, 7) is 0. The van der Waals surface area contributed by atoms with Crippen molar-refractivity contribution < 1.29 is 4.42 Å². The molecule has 5 nitrogen and oxygen atoms in total. The Morgan fingerprint density at radius 2 is 1.75 bits per heavy atom. The normalized spacial score (nSPS) is 11.5. The minimum Gasteiger partial charge on any atom is -0.436 e. The molecule has 0 saturated carbocycles. The largest absolute Gasteiger partial charge is 0.436 e. The second-order valence-electron chi connectivity index (χ2n) is 5.18. The monoisotopic (exact) mass is 379 g/mol. The quantitative estimate of drug-likeness (QED) is 0.522. The molecule has 24 heavy (non-hydrogen) atoms. The van der Waals surface area contributed by atoms with Gasteiger partial charge in [0.2, 0.25) is 5.71 Å². The molecule has 1 aliphatic carbocycles. The van der Waals surface area contributed by atoms with Crippen molar-refractivity contribution in [3.63, 3.8) is 0 Å². The summed E-state index contributed by atoms with van der Waals surface area (Å²) in [5.41, 5.74) is 7.46. The molecule has 0 unspecified atom stereocenters. The lowest BCUT2D eigenvalue weighted by molar-refractivity contribution is 0.598. The molecule has 0 atom stereocenters. The third-order valence-electron chi connectivity index (χ3n) is 3.61. The van der Waals surface area contributed by atoms with Crippen LogP contribution in [-0.2, 0) is 0 Å². The lowest BCUT2D eigenvalue weighted by Crippen LogP contribution is -2.03. The van der Waals surface area contributed by atoms with E-state index in [-0.39, 0.29) is 11.1 Å². The van der Waals surface area contributed by atoms with Crippen molar-refractivity contribution in [1.29, 1.82) is 0 Å². The van der Waals surface area contributed by atoms with Gasteiger partial charge in [-0.05, 0) is 30.3 Å². The number of aromatic nitrogens is 2. The van der Waals surface area contributed by atoms with E-state index in [4.69, 9.17) is 45.0 Å². The maximum absolute atomic E-state index is 11.5. The van der Waals surface area contributed by atoms with Gasteiger partial charge in [-0.3, -0.25) is 4.79 Å². The molecule has 2 aliphatic rings. The summed E-state index contributed by atoms with van der Waals surface area (Å²) in [6, 6.07) is 9.41. The number of rotatable bonds is 1. The zero-order chi connectivity index (χ0) is 17.0. The smallest absolute Gasteiger partial charge is 0.248 e. The number of nitrogens with two attached hydrogens (primary N) is 1. The Morgan fingerprint density at radius 3 is 2.46 bits per heavy atom. The average Bonchev–Trinajstić information content (AvgIpc) is 2.80. The van der Waals surface area contributed by atoms with Crippen molar-refractivity contribution in [3.8, 4) is 17.0 Å². The van der Waals surface area contributed by atoms with Crippen molar-refractivity contribution >= 4 is 51.7 Å². The summed E-state index contributed by atoms with van der Waals surface area (Å²) < 4.78 is 7.08. The zero-order valence-corrected chi connectivity index (χ0v) is 14.2. The molecule has 1 aromatic carbocycles. The van der Waals surface area contributed by atoms with Gasteiger partial charge in [0.1, 0.15) is 17.3 Å². The van der Waals surface area contributed by atoms with E-state index in [2.05, 4.69) is 5.10 Å². The van der Waals surface area contributed by atoms with Crippen LogP contribution in [0.5, 0.6) is 0 Å². The Bertz CT molecular complexity index is 1110. The van der Waals surface area contributed by atoms with Crippen LogP contribution in [-0.4, -0.2) is 9.78 Å². The second kappa shape index (κ2) is 5.41. The molecular formula is C16H8Cl3N3O2. The SMILES string of the molecule is Nc1c2cc3ccc(=O)cc-3oc2nn1-c1c(Cl)cc(Cl)cc1Cl. The predicted molar refractivity (Wildman–Crippen MR) is 95.7 cm³/mol. The summed E-state index contributed by atoms with van der Waals surface area (Å²) in [6.07, 6.45) is 0. The topological polar surface area (TPSA) is 74.1 Å². The van der Waals surface area contributed by atoms with Crippen molar-refractivity contribution in [2.45, 2.75) is 0 Å². The van der Waals surface area contributed by atoms with E-state index in [0.29, 0.717) is 37.7 Å². The molecular weight excluding hydrogens is 373 g/mol. The highest BCUT2D eigenvalue weighted by Crippen LogP contribution is 2.36. The minimum absolute atomic E-state index is 0.151. The van der Waals surface area contributed by atoms with Crippen molar-refractivity contribution in [1.82, 2.24) is 9.78 Å². The van der Waals surface area contributed by atoms with Gasteiger partial charge in [0.05, 0.1) is 15.4 Å². The van der Waals surface area contributed by atoms with E-state index in [1.165, 1.54) is 16.8 Å². The molecule has 1 aliphatic heterocycles. The van der Waals surface area contributed by atoms with Crippen LogP contribution in [0.1, 0.15) is 0 Å². The van der Waals surface area contributed by atoms with Gasteiger partial charge in [-0.1, -0.05) is 34.8 Å². The predicted octanol–water partition coefficient (Wildman–Crippen LogP) is 4.63. The molecule has 0 bridgehead atoms. The maximum Gasteiger partial charge on any atom is 0.248 e. The molecule has 2 aromatic rings. The van der Waals surface area contributed by atoms with Gasteiger partial charge in [0.25, 0.3) is 0 Å². The van der Waals surface area contributed by atoms with Crippen molar-refractivity contribution in [2.24, 2.45) is 0 Å². The molecule has 0 spiro atoms. The fourth-order valence-corrected chi connectivity index (χ4v) is 3.50. The van der Waals surface area contributed by atoms with Gasteiger partial charge in [-0.25, -0.2) is 4.68 Å². The minimum atomic E-state index is -0.151. The molecule has 0 fully saturated rings. The first-order valence-corrected chi connectivity index (χ1v) is 7.94. The third kappa shape index (κ3) is 2.33. The van der Waals surface area contributed by atoms with Gasteiger partial charge < -0.3 is 10.2 Å². The number of hydrogen-bond acceptors (Lipinski definition) is 4. The lowest BCUT2D eigenvalue weighted by atomic mass is 10.1. The van der Waals surface area contributed by atoms with E-state index in [0.717, 1.165) is 5.56 Å². The van der Waals surface area contributed by atoms with E-state index in [1.54, 1.807) is 24.3 Å². The molecule has 0 saturated heterocycles. The molecule has 1 aromatic heterocycles. The van der Waals surface area contributed by atoms with Crippen LogP contribution in [0.4, 0.5) is 5.82 Å². The first-order valence-electron chi connectivity index (χ1n) is 6.81. The van der Waals surface area contributed by atoms with Crippen LogP contribution >= 0.6 is 34.8 Å². The number of halogens is 3. The van der Waals surface area contributed by atoms with Crippen molar-refractivity contribution in [3.05, 3.63) is 61.7 Å². The molecule has 120 valence electrons. The number of anilines is 1. The van der Waals surface area contributed by atoms with Gasteiger partial charge >= 0.3 is 0 Å². The first-order chi connectivity index (χ1) is 11.4. The summed E-state index contributed by atoms with van der Waals surface area (Å²) >= 11 is 18.4. The fraction of sp³-hybridized carbons (Fsp3) is 0. The molecule has 0 amide bonds. The van der Waals surface area contributed by atoms with E-state index < -0.39 is 0 Å². The molecule has 2 N–H and O–H groups in total. The van der Waals surface area contributed by atoms with E-state index >= 15 is 0 Å². The number of nitrogens with zero attached hydrogens (tertiary/aromatic N) is 2. The fourth-order valence-electron chi connectivity index (χ4n) is 2.52. The van der Waals surface area contributed by atoms with E-state index in [9.17, 15) is 4.79 Å². The molecule has 0 radical (unpaired) electrons. The zero-order valence-electron chi connectivity index (χ0n) is 11.9. The average molecular weight is 381 g/mol. The molecule has 8 heteroatoms. The Kier molecular flexibility index (Phi) is 3.46. The Morgan fingerprint density at radius 1 is 1.04 bits per heavy atom. The highest BCUT2D eigenvalue weighted by molar-refractivity contribution is 6.40. The Hall–Kier alpha value is -2.21. The Balaban J connectivity index is 2.05. The van der Waals surface area contributed by atoms with Crippen LogP contribution in [0.3, 0.4) is 0 Å². The summed E-state index contributed by atoms with van der Waals surface area (Å²) in [5, 5.41) is 5.92. The first kappa shape index (κ1) is 15.3. The van der Waals surface area contributed by atoms with Crippen molar-refractivity contribution in [2.75, 3.05) is 5.73 Å². The number of hydrogen-bond donors (Lipinski definition) is 1. The summed E-state index contributed by atoms with van der Waals surface area (Å²) in [7, 11) is 0. The highest BCUT2D eigenvalue weighted by Gasteiger charge is 2.19. The van der Waals surface area contributed by atoms with Crippen LogP contribution in [0.25, 0.3) is 28.1 Å². The van der Waals surface area contributed by atoms with Gasteiger partial charge in [-0.15, -0.1) is 5.10 Å². The second-order valence-corrected chi connectivity index (χ2v) is 6.43. The standard InChI is InChI=1S/C16H8Cl3N3O2/c17-8-4-11(18)14(12(19)5-8)22-15(20)10-3-7-1-2-9(23)6-13(7)24-16(10)21-22/h1-6H,20H2. The van der Waals surface area contributed by atoms with Crippen LogP contribution < -0.4 is 11.2 Å². The number of fused-ring (bicyclic) bond motifs is 2. The number of benzene rings is 2. The maximum atomic E-state index is 11.5. The lowest BCUT2D eigenvalue weighted by Gasteiger charge is -2.09. The highest BCUT2D eigenvalue weighted by atomic mass is 35.5. The van der Waals surface area contributed by atoms with Crippen LogP contribution in [0.15, 0.2) is 45.6 Å². The third-order valence-corrected chi connectivity index (χ3v) is 4.40. The summed E-state index contributed by atoms with van der Waals surface area (Å²) in [4.78, 5) is 11.5. The summed E-state index contributed by atoms with van der Waals surface area (Å²) in [5.74, 6) is 0.737. The molecule has 4 rings (SSSR count). The Labute approximate surface area is 150 Å². The van der Waals surface area contributed by atoms with Gasteiger partial charge in [0.15, 0.2) is 5.43 Å². The van der Waals surface area contributed by atoms with Crippen LogP contribution in [0.2, 0.25) is 15.1 Å². The number of nitrogen functional groups attached to an aromatic ring is 1. The van der Waals surface area contributed by atoms with Crippen LogP contribution in [0, 0.1) is 0 Å². The van der Waals surface area contributed by atoms with Gasteiger partial charge in [0, 0.05) is 16.7 Å².